The Labute approximate surface area is 184 Å². The van der Waals surface area contributed by atoms with E-state index in [1.54, 1.807) is 12.4 Å². The Morgan fingerprint density at radius 3 is 2.84 bits per heavy atom. The van der Waals surface area contributed by atoms with Crippen LogP contribution >= 0.6 is 0 Å². The van der Waals surface area contributed by atoms with Gasteiger partial charge in [-0.15, -0.1) is 0 Å². The van der Waals surface area contributed by atoms with E-state index in [2.05, 4.69) is 48.2 Å². The van der Waals surface area contributed by atoms with E-state index in [0.717, 1.165) is 30.6 Å². The highest BCUT2D eigenvalue weighted by Crippen LogP contribution is 2.38. The second kappa shape index (κ2) is 9.08. The molecule has 0 spiro atoms. The number of fused-ring (bicyclic) bond motifs is 1. The summed E-state index contributed by atoms with van der Waals surface area (Å²) >= 11 is 0. The van der Waals surface area contributed by atoms with Gasteiger partial charge >= 0.3 is 0 Å². The molecule has 2 aromatic rings. The van der Waals surface area contributed by atoms with Crippen LogP contribution in [0.5, 0.6) is 0 Å². The zero-order chi connectivity index (χ0) is 22.0. The van der Waals surface area contributed by atoms with Crippen molar-refractivity contribution in [2.75, 3.05) is 30.4 Å². The summed E-state index contributed by atoms with van der Waals surface area (Å²) in [6.45, 7) is 5.86. The minimum Gasteiger partial charge on any atom is -0.374 e. The fraction of sp³-hybridized carbons (Fsp3) is 0.480. The number of hydrogen-bond donors (Lipinski definition) is 1. The summed E-state index contributed by atoms with van der Waals surface area (Å²) in [7, 11) is 2.10. The largest absolute Gasteiger partial charge is 0.374 e. The summed E-state index contributed by atoms with van der Waals surface area (Å²) in [6, 6.07) is 9.74. The zero-order valence-corrected chi connectivity index (χ0v) is 18.7. The molecule has 1 aromatic carbocycles. The highest BCUT2D eigenvalue weighted by atomic mass is 16.2. The maximum absolute atomic E-state index is 13.5. The molecule has 2 aliphatic rings. The monoisotopic (exact) mass is 420 g/mol. The number of likely N-dealkylation sites (tertiary alicyclic amines) is 1. The lowest BCUT2D eigenvalue weighted by Crippen LogP contribution is -2.48. The predicted molar refractivity (Wildman–Crippen MR) is 123 cm³/mol. The molecule has 0 bridgehead atoms. The first-order valence-electron chi connectivity index (χ1n) is 11.3. The fourth-order valence-corrected chi connectivity index (χ4v) is 4.87. The van der Waals surface area contributed by atoms with E-state index in [4.69, 9.17) is 0 Å². The first-order valence-corrected chi connectivity index (χ1v) is 11.3. The Bertz CT molecular complexity index is 944. The molecular weight excluding hydrogens is 388 g/mol. The van der Waals surface area contributed by atoms with Crippen molar-refractivity contribution in [2.45, 2.75) is 45.6 Å². The van der Waals surface area contributed by atoms with Crippen LogP contribution in [-0.4, -0.2) is 41.8 Å². The van der Waals surface area contributed by atoms with Crippen LogP contribution in [-0.2, 0) is 16.0 Å². The van der Waals surface area contributed by atoms with Gasteiger partial charge in [-0.2, -0.15) is 0 Å². The van der Waals surface area contributed by atoms with E-state index < -0.39 is 0 Å². The maximum atomic E-state index is 13.5. The number of rotatable bonds is 5. The normalized spacial score (nSPS) is 21.2. The van der Waals surface area contributed by atoms with Crippen LogP contribution in [0.3, 0.4) is 0 Å². The van der Waals surface area contributed by atoms with E-state index >= 15 is 0 Å². The zero-order valence-electron chi connectivity index (χ0n) is 18.7. The van der Waals surface area contributed by atoms with Gasteiger partial charge in [0.1, 0.15) is 0 Å². The van der Waals surface area contributed by atoms with Crippen molar-refractivity contribution in [1.29, 1.82) is 0 Å². The van der Waals surface area contributed by atoms with Gasteiger partial charge in [0, 0.05) is 50.3 Å². The molecule has 0 aliphatic carbocycles. The molecule has 4 rings (SSSR count). The van der Waals surface area contributed by atoms with Gasteiger partial charge in [0.05, 0.1) is 12.0 Å². The van der Waals surface area contributed by atoms with Crippen LogP contribution in [0.15, 0.2) is 42.7 Å². The van der Waals surface area contributed by atoms with E-state index in [1.165, 1.54) is 11.3 Å². The molecule has 1 fully saturated rings. The fourth-order valence-electron chi connectivity index (χ4n) is 4.87. The lowest BCUT2D eigenvalue weighted by molar-refractivity contribution is -0.142. The number of hydrogen-bond acceptors (Lipinski definition) is 4. The highest BCUT2D eigenvalue weighted by Gasteiger charge is 2.41. The predicted octanol–water partition coefficient (Wildman–Crippen LogP) is 4.04. The van der Waals surface area contributed by atoms with Gasteiger partial charge in [0.25, 0.3) is 0 Å². The standard InChI is InChI=1S/C25H32N4O2/c1-17(2)16-29-23(30)11-10-21(24(29)19-6-4-12-26-15-19)25(31)27-20-9-8-18-7-5-13-28(3)22(18)14-20/h4,6,8-9,12,14-15,17,21,24H,5,7,10-11,13,16H2,1-3H3,(H,27,31)/t21-,24+/m1/s1. The minimum absolute atomic E-state index is 0.0338. The maximum Gasteiger partial charge on any atom is 0.229 e. The number of piperidine rings is 1. The lowest BCUT2D eigenvalue weighted by Gasteiger charge is -2.41. The van der Waals surface area contributed by atoms with Crippen LogP contribution in [0.25, 0.3) is 0 Å². The van der Waals surface area contributed by atoms with Gasteiger partial charge in [-0.25, -0.2) is 0 Å². The summed E-state index contributed by atoms with van der Waals surface area (Å²) in [5, 5.41) is 3.15. The smallest absolute Gasteiger partial charge is 0.229 e. The molecule has 1 saturated heterocycles. The molecule has 0 radical (unpaired) electrons. The summed E-state index contributed by atoms with van der Waals surface area (Å²) in [4.78, 5) is 34.6. The summed E-state index contributed by atoms with van der Waals surface area (Å²) in [5.74, 6) is 0.0889. The first kappa shape index (κ1) is 21.3. The molecule has 6 nitrogen and oxygen atoms in total. The highest BCUT2D eigenvalue weighted by molar-refractivity contribution is 5.95. The van der Waals surface area contributed by atoms with Crippen molar-refractivity contribution in [1.82, 2.24) is 9.88 Å². The second-order valence-corrected chi connectivity index (χ2v) is 9.17. The van der Waals surface area contributed by atoms with Crippen LogP contribution in [0.1, 0.15) is 50.3 Å². The van der Waals surface area contributed by atoms with Gasteiger partial charge in [-0.3, -0.25) is 14.6 Å². The third-order valence-corrected chi connectivity index (χ3v) is 6.33. The average Bonchev–Trinajstić information content (AvgIpc) is 2.76. The van der Waals surface area contributed by atoms with Crippen molar-refractivity contribution in [3.05, 3.63) is 53.9 Å². The summed E-state index contributed by atoms with van der Waals surface area (Å²) in [5.41, 5.74) is 4.25. The third kappa shape index (κ3) is 4.58. The van der Waals surface area contributed by atoms with E-state index in [9.17, 15) is 9.59 Å². The van der Waals surface area contributed by atoms with Crippen molar-refractivity contribution < 1.29 is 9.59 Å². The van der Waals surface area contributed by atoms with E-state index in [-0.39, 0.29) is 23.8 Å². The van der Waals surface area contributed by atoms with Crippen LogP contribution < -0.4 is 10.2 Å². The summed E-state index contributed by atoms with van der Waals surface area (Å²) < 4.78 is 0. The Morgan fingerprint density at radius 2 is 2.10 bits per heavy atom. The van der Waals surface area contributed by atoms with Crippen molar-refractivity contribution in [3.8, 4) is 0 Å². The molecule has 2 amide bonds. The van der Waals surface area contributed by atoms with Gasteiger partial charge in [0.15, 0.2) is 0 Å². The number of nitrogens with one attached hydrogen (secondary N) is 1. The van der Waals surface area contributed by atoms with Gasteiger partial charge in [-0.1, -0.05) is 26.0 Å². The molecule has 0 saturated carbocycles. The Balaban J connectivity index is 1.61. The lowest BCUT2D eigenvalue weighted by atomic mass is 9.83. The molecule has 1 N–H and O–H groups in total. The van der Waals surface area contributed by atoms with Gasteiger partial charge < -0.3 is 15.1 Å². The summed E-state index contributed by atoms with van der Waals surface area (Å²) in [6.07, 6.45) is 6.68. The molecular formula is C25H32N4O2. The number of amides is 2. The number of benzene rings is 1. The van der Waals surface area contributed by atoms with Crippen molar-refractivity contribution in [2.24, 2.45) is 11.8 Å². The van der Waals surface area contributed by atoms with E-state index in [1.807, 2.05) is 23.1 Å². The Hall–Kier alpha value is -2.89. The quantitative estimate of drug-likeness (QED) is 0.793. The topological polar surface area (TPSA) is 65.5 Å². The number of aromatic nitrogens is 1. The molecule has 3 heterocycles. The van der Waals surface area contributed by atoms with E-state index in [0.29, 0.717) is 25.3 Å². The van der Waals surface area contributed by atoms with Gasteiger partial charge in [0.2, 0.25) is 11.8 Å². The minimum atomic E-state index is -0.311. The number of carbonyl (C=O) groups excluding carboxylic acids is 2. The number of pyridine rings is 1. The molecule has 2 aliphatic heterocycles. The number of anilines is 2. The second-order valence-electron chi connectivity index (χ2n) is 9.17. The molecule has 6 heteroatoms. The number of aryl methyl sites for hydroxylation is 1. The SMILES string of the molecule is CC(C)CN1C(=O)CC[C@@H](C(=O)Nc2ccc3c(c2)N(C)CCC3)[C@@H]1c1cccnc1. The van der Waals surface area contributed by atoms with Crippen LogP contribution in [0.2, 0.25) is 0 Å². The number of carbonyl (C=O) groups is 2. The van der Waals surface area contributed by atoms with Crippen molar-refractivity contribution >= 4 is 23.2 Å². The molecule has 0 unspecified atom stereocenters. The molecule has 2 atom stereocenters. The number of nitrogens with zero attached hydrogens (tertiary/aromatic N) is 3. The molecule has 1 aromatic heterocycles. The molecule has 31 heavy (non-hydrogen) atoms. The third-order valence-electron chi connectivity index (χ3n) is 6.33. The van der Waals surface area contributed by atoms with Crippen LogP contribution in [0.4, 0.5) is 11.4 Å². The molecule has 164 valence electrons. The Morgan fingerprint density at radius 1 is 1.26 bits per heavy atom. The Kier molecular flexibility index (Phi) is 6.25. The van der Waals surface area contributed by atoms with Crippen molar-refractivity contribution in [3.63, 3.8) is 0 Å². The first-order chi connectivity index (χ1) is 14.9. The average molecular weight is 421 g/mol. The van der Waals surface area contributed by atoms with Crippen LogP contribution in [0, 0.1) is 11.8 Å². The van der Waals surface area contributed by atoms with Gasteiger partial charge in [-0.05, 0) is 54.5 Å².